The van der Waals surface area contributed by atoms with Crippen molar-refractivity contribution in [1.82, 2.24) is 9.80 Å². The molecule has 3 rings (SSSR count). The molecule has 0 aromatic heterocycles. The van der Waals surface area contributed by atoms with Crippen LogP contribution in [0.2, 0.25) is 0 Å². The van der Waals surface area contributed by atoms with Crippen LogP contribution in [0.1, 0.15) is 19.8 Å². The van der Waals surface area contributed by atoms with Gasteiger partial charge in [0.25, 0.3) is 0 Å². The number of aliphatic imine (C=N–C) groups is 1. The molecule has 118 valence electrons. The summed E-state index contributed by atoms with van der Waals surface area (Å²) < 4.78 is 5.52. The van der Waals surface area contributed by atoms with Gasteiger partial charge in [-0.05, 0) is 19.8 Å². The highest BCUT2D eigenvalue weighted by molar-refractivity contribution is 5.91. The fourth-order valence-electron chi connectivity index (χ4n) is 3.34. The van der Waals surface area contributed by atoms with Crippen LogP contribution in [0.4, 0.5) is 0 Å². The molecule has 0 radical (unpaired) electrons. The molecule has 3 aliphatic rings. The lowest BCUT2D eigenvalue weighted by molar-refractivity contribution is -0.129. The number of carbonyl (C=O) groups excluding carboxylic acids is 2. The number of likely N-dealkylation sites (N-methyl/N-ethyl adjacent to an activating group) is 1. The van der Waals surface area contributed by atoms with Crippen molar-refractivity contribution in [3.63, 3.8) is 0 Å². The van der Waals surface area contributed by atoms with Crippen LogP contribution in [-0.4, -0.2) is 60.3 Å². The summed E-state index contributed by atoms with van der Waals surface area (Å²) in [4.78, 5) is 31.4. The molecule has 0 saturated carbocycles. The van der Waals surface area contributed by atoms with Gasteiger partial charge >= 0.3 is 0 Å². The Hall–Kier alpha value is -2.11. The summed E-state index contributed by atoms with van der Waals surface area (Å²) in [7, 11) is 1.76. The molecule has 7 nitrogen and oxygen atoms in total. The molecule has 3 heterocycles. The van der Waals surface area contributed by atoms with Crippen molar-refractivity contribution in [2.75, 3.05) is 26.7 Å². The summed E-state index contributed by atoms with van der Waals surface area (Å²) in [6, 6.07) is 0. The third-order valence-corrected chi connectivity index (χ3v) is 4.78. The summed E-state index contributed by atoms with van der Waals surface area (Å²) in [5.41, 5.74) is 5.77. The quantitative estimate of drug-likeness (QED) is 0.627. The molecular formula is C15H20N4O3. The Balaban J connectivity index is 1.76. The average Bonchev–Trinajstić information content (AvgIpc) is 2.79. The van der Waals surface area contributed by atoms with E-state index in [1.54, 1.807) is 11.9 Å². The number of ether oxygens (including phenoxy) is 1. The van der Waals surface area contributed by atoms with Crippen LogP contribution in [0.5, 0.6) is 0 Å². The van der Waals surface area contributed by atoms with Gasteiger partial charge in [-0.3, -0.25) is 4.79 Å². The first-order valence-electron chi connectivity index (χ1n) is 7.42. The van der Waals surface area contributed by atoms with Gasteiger partial charge in [0, 0.05) is 26.2 Å². The number of guanidine groups is 1. The number of carbonyl (C=O) groups is 1. The van der Waals surface area contributed by atoms with Gasteiger partial charge < -0.3 is 20.3 Å². The van der Waals surface area contributed by atoms with Crippen LogP contribution in [0.25, 0.3) is 0 Å². The molecule has 0 unspecified atom stereocenters. The molecule has 0 aromatic carbocycles. The smallest absolute Gasteiger partial charge is 0.208 e. The Morgan fingerprint density at radius 1 is 1.45 bits per heavy atom. The topological polar surface area (TPSA) is 88.2 Å². The summed E-state index contributed by atoms with van der Waals surface area (Å²) in [6.45, 7) is 3.69. The van der Waals surface area contributed by atoms with Gasteiger partial charge in [-0.1, -0.05) is 0 Å². The molecule has 3 aliphatic heterocycles. The lowest BCUT2D eigenvalue weighted by atomic mass is 9.76. The van der Waals surface area contributed by atoms with Gasteiger partial charge in [0.1, 0.15) is 17.6 Å². The lowest BCUT2D eigenvalue weighted by Gasteiger charge is -2.41. The van der Waals surface area contributed by atoms with E-state index in [1.807, 2.05) is 12.9 Å². The minimum Gasteiger partial charge on any atom is -0.383 e. The molecule has 2 N–H and O–H groups in total. The van der Waals surface area contributed by atoms with Crippen LogP contribution >= 0.6 is 0 Å². The van der Waals surface area contributed by atoms with Crippen molar-refractivity contribution in [2.24, 2.45) is 16.1 Å². The number of likely N-dealkylation sites (tertiary alicyclic amines) is 1. The Morgan fingerprint density at radius 2 is 2.14 bits per heavy atom. The van der Waals surface area contributed by atoms with Crippen LogP contribution in [0, 0.1) is 5.41 Å². The molecule has 0 aliphatic carbocycles. The van der Waals surface area contributed by atoms with E-state index in [0.29, 0.717) is 37.2 Å². The highest BCUT2D eigenvalue weighted by Crippen LogP contribution is 2.39. The van der Waals surface area contributed by atoms with Crippen molar-refractivity contribution in [1.29, 1.82) is 0 Å². The number of nitrogens with two attached hydrogens (primary N) is 1. The third-order valence-electron chi connectivity index (χ3n) is 4.78. The SMILES string of the molecule is C[C@@H]1OCC2(CCN(C3=NC(N)=CC(=C=O)N3C)CC2)C1=O. The first-order valence-corrected chi connectivity index (χ1v) is 7.42. The maximum atomic E-state index is 12.3. The third kappa shape index (κ3) is 2.23. The first-order chi connectivity index (χ1) is 10.5. The molecule has 22 heavy (non-hydrogen) atoms. The number of Topliss-reactive ketones (excluding diaryl/α,β-unsaturated/α-hetero) is 1. The van der Waals surface area contributed by atoms with E-state index in [2.05, 4.69) is 9.89 Å². The minimum atomic E-state index is -0.353. The van der Waals surface area contributed by atoms with Crippen molar-refractivity contribution < 1.29 is 14.3 Å². The normalized spacial score (nSPS) is 27.8. The molecule has 7 heteroatoms. The maximum absolute atomic E-state index is 12.3. The molecule has 2 saturated heterocycles. The maximum Gasteiger partial charge on any atom is 0.208 e. The van der Waals surface area contributed by atoms with Gasteiger partial charge in [-0.2, -0.15) is 4.99 Å². The van der Waals surface area contributed by atoms with E-state index in [-0.39, 0.29) is 17.3 Å². The second-order valence-corrected chi connectivity index (χ2v) is 6.11. The van der Waals surface area contributed by atoms with Crippen LogP contribution < -0.4 is 5.73 Å². The van der Waals surface area contributed by atoms with Crippen molar-refractivity contribution in [2.45, 2.75) is 25.9 Å². The second kappa shape index (κ2) is 5.26. The van der Waals surface area contributed by atoms with E-state index in [9.17, 15) is 9.59 Å². The zero-order chi connectivity index (χ0) is 15.9. The van der Waals surface area contributed by atoms with Gasteiger partial charge in [0.05, 0.1) is 12.0 Å². The van der Waals surface area contributed by atoms with E-state index in [1.165, 1.54) is 6.08 Å². The molecule has 1 atom stereocenters. The fourth-order valence-corrected chi connectivity index (χ4v) is 3.34. The number of ketones is 1. The van der Waals surface area contributed by atoms with E-state index in [4.69, 9.17) is 10.5 Å². The average molecular weight is 304 g/mol. The Kier molecular flexibility index (Phi) is 3.54. The molecule has 1 spiro atoms. The number of hydrogen-bond acceptors (Lipinski definition) is 7. The number of rotatable bonds is 0. The van der Waals surface area contributed by atoms with E-state index in [0.717, 1.165) is 12.8 Å². The predicted octanol–water partition coefficient (Wildman–Crippen LogP) is -0.127. The van der Waals surface area contributed by atoms with Crippen molar-refractivity contribution in [3.05, 3.63) is 17.6 Å². The highest BCUT2D eigenvalue weighted by atomic mass is 16.5. The van der Waals surface area contributed by atoms with Gasteiger partial charge in [-0.15, -0.1) is 0 Å². The lowest BCUT2D eigenvalue weighted by Crippen LogP contribution is -2.51. The first kappa shape index (κ1) is 14.8. The summed E-state index contributed by atoms with van der Waals surface area (Å²) in [5, 5.41) is 0. The molecule has 0 amide bonds. The van der Waals surface area contributed by atoms with Gasteiger partial charge in [0.15, 0.2) is 11.7 Å². The van der Waals surface area contributed by atoms with E-state index >= 15 is 0 Å². The summed E-state index contributed by atoms with van der Waals surface area (Å²) >= 11 is 0. The standard InChI is InChI=1S/C15H20N4O3/c1-10-13(21)15(9-22-10)3-5-19(6-4-15)14-17-12(16)7-11(8-20)18(14)2/h7,10H,3-6,9,16H2,1-2H3/t10-/m0/s1. The highest BCUT2D eigenvalue weighted by Gasteiger charge is 2.49. The molecule has 2 fully saturated rings. The summed E-state index contributed by atoms with van der Waals surface area (Å²) in [5.74, 6) is 3.00. The van der Waals surface area contributed by atoms with Crippen LogP contribution in [-0.2, 0) is 14.3 Å². The molecular weight excluding hydrogens is 284 g/mol. The summed E-state index contributed by atoms with van der Waals surface area (Å²) in [6.07, 6.45) is 2.65. The number of hydrogen-bond donors (Lipinski definition) is 1. The second-order valence-electron chi connectivity index (χ2n) is 6.11. The van der Waals surface area contributed by atoms with Crippen molar-refractivity contribution in [3.8, 4) is 0 Å². The molecule has 0 bridgehead atoms. The Bertz CT molecular complexity index is 610. The predicted molar refractivity (Wildman–Crippen MR) is 80.3 cm³/mol. The largest absolute Gasteiger partial charge is 0.383 e. The van der Waals surface area contributed by atoms with Crippen LogP contribution in [0.15, 0.2) is 22.6 Å². The minimum absolute atomic E-state index is 0.207. The van der Waals surface area contributed by atoms with Gasteiger partial charge in [0.2, 0.25) is 5.96 Å². The number of nitrogens with zero attached hydrogens (tertiary/aromatic N) is 3. The zero-order valence-corrected chi connectivity index (χ0v) is 12.8. The van der Waals surface area contributed by atoms with Crippen LogP contribution in [0.3, 0.4) is 0 Å². The van der Waals surface area contributed by atoms with E-state index < -0.39 is 0 Å². The molecule has 0 aromatic rings. The Labute approximate surface area is 129 Å². The Morgan fingerprint density at radius 3 is 2.68 bits per heavy atom. The fraction of sp³-hybridized carbons (Fsp3) is 0.600. The number of allylic oxidation sites excluding steroid dienone is 1. The monoisotopic (exact) mass is 304 g/mol. The van der Waals surface area contributed by atoms with Crippen molar-refractivity contribution >= 4 is 17.7 Å². The number of piperidine rings is 1. The van der Waals surface area contributed by atoms with Gasteiger partial charge in [-0.25, -0.2) is 4.79 Å². The zero-order valence-electron chi connectivity index (χ0n) is 12.8.